The third kappa shape index (κ3) is 4.77. The number of fused-ring (bicyclic) bond motifs is 1. The number of nitrogens with zero attached hydrogens (tertiary/aromatic N) is 5. The Kier molecular flexibility index (Phi) is 5.95. The van der Waals surface area contributed by atoms with Crippen LogP contribution in [0.2, 0.25) is 0 Å². The molecule has 3 aromatic rings. The molecule has 192 valence electrons. The summed E-state index contributed by atoms with van der Waals surface area (Å²) in [4.78, 5) is 23.7. The fourth-order valence-electron chi connectivity index (χ4n) is 4.99. The smallest absolute Gasteiger partial charge is 0.416 e. The highest BCUT2D eigenvalue weighted by Gasteiger charge is 2.37. The average molecular weight is 502 g/mol. The fourth-order valence-corrected chi connectivity index (χ4v) is 4.99. The highest BCUT2D eigenvalue weighted by molar-refractivity contribution is 5.81. The van der Waals surface area contributed by atoms with Gasteiger partial charge in [0.1, 0.15) is 17.4 Å². The standard InChI is InChI=1S/C26H30F3N5O2/c1-15-11-17(24(35)36-25(2,3)4)8-10-33(15)23-22-19(16-5-6-16)13-21(34(22)32-14-31-23)20-12-18(7-9-30-20)26(27,28)29/h7,9,12-17H,5-6,8,10-11H2,1-4H3/t15-,17-/m0/s1. The Morgan fingerprint density at radius 3 is 2.50 bits per heavy atom. The first-order chi connectivity index (χ1) is 16.9. The molecule has 5 rings (SSSR count). The second kappa shape index (κ2) is 8.74. The van der Waals surface area contributed by atoms with Crippen molar-refractivity contribution in [3.8, 4) is 11.4 Å². The summed E-state index contributed by atoms with van der Waals surface area (Å²) in [6.45, 7) is 8.27. The summed E-state index contributed by atoms with van der Waals surface area (Å²) >= 11 is 0. The number of aromatic nitrogens is 4. The maximum Gasteiger partial charge on any atom is 0.416 e. The molecule has 10 heteroatoms. The van der Waals surface area contributed by atoms with Crippen LogP contribution in [-0.2, 0) is 15.7 Å². The number of hydrogen-bond donors (Lipinski definition) is 0. The SMILES string of the molecule is C[C@H]1C[C@@H](C(=O)OC(C)(C)C)CCN1c1ncnn2c(-c3cc(C(F)(F)F)ccn3)cc(C3CC3)c12. The van der Waals surface area contributed by atoms with E-state index in [1.54, 1.807) is 4.52 Å². The van der Waals surface area contributed by atoms with Crippen molar-refractivity contribution >= 4 is 17.3 Å². The number of anilines is 1. The molecule has 7 nitrogen and oxygen atoms in total. The molecule has 2 fully saturated rings. The van der Waals surface area contributed by atoms with Crippen molar-refractivity contribution in [3.63, 3.8) is 0 Å². The zero-order valence-electron chi connectivity index (χ0n) is 20.8. The third-order valence-corrected chi connectivity index (χ3v) is 6.82. The number of alkyl halides is 3. The van der Waals surface area contributed by atoms with E-state index in [1.807, 2.05) is 26.8 Å². The topological polar surface area (TPSA) is 72.6 Å². The molecule has 0 N–H and O–H groups in total. The first-order valence-corrected chi connectivity index (χ1v) is 12.3. The first kappa shape index (κ1) is 24.5. The zero-order chi connectivity index (χ0) is 25.8. The zero-order valence-corrected chi connectivity index (χ0v) is 20.8. The van der Waals surface area contributed by atoms with Gasteiger partial charge in [0, 0.05) is 18.8 Å². The monoisotopic (exact) mass is 501 g/mol. The molecule has 3 aromatic heterocycles. The molecule has 1 saturated heterocycles. The molecule has 0 spiro atoms. The summed E-state index contributed by atoms with van der Waals surface area (Å²) in [5.41, 5.74) is 1.28. The van der Waals surface area contributed by atoms with E-state index >= 15 is 0 Å². The lowest BCUT2D eigenvalue weighted by atomic mass is 9.91. The van der Waals surface area contributed by atoms with Crippen LogP contribution < -0.4 is 4.90 Å². The second-order valence-corrected chi connectivity index (χ2v) is 10.8. The molecule has 1 aliphatic heterocycles. The summed E-state index contributed by atoms with van der Waals surface area (Å²) in [5.74, 6) is 0.688. The number of carbonyl (C=O) groups is 1. The van der Waals surface area contributed by atoms with E-state index in [4.69, 9.17) is 4.74 Å². The number of ether oxygens (including phenoxy) is 1. The van der Waals surface area contributed by atoms with Crippen molar-refractivity contribution < 1.29 is 22.7 Å². The minimum absolute atomic E-state index is 0.0204. The number of pyridine rings is 1. The minimum atomic E-state index is -4.46. The highest BCUT2D eigenvalue weighted by Crippen LogP contribution is 2.46. The Hall–Kier alpha value is -3.17. The summed E-state index contributed by atoms with van der Waals surface area (Å²) in [6, 6.07) is 3.96. The number of rotatable bonds is 4. The first-order valence-electron chi connectivity index (χ1n) is 12.3. The van der Waals surface area contributed by atoms with E-state index in [2.05, 4.69) is 26.9 Å². The van der Waals surface area contributed by atoms with Crippen LogP contribution in [-0.4, -0.2) is 43.7 Å². The van der Waals surface area contributed by atoms with Gasteiger partial charge in [-0.15, -0.1) is 0 Å². The van der Waals surface area contributed by atoms with Gasteiger partial charge in [0.15, 0.2) is 5.82 Å². The van der Waals surface area contributed by atoms with E-state index < -0.39 is 17.3 Å². The molecule has 0 aromatic carbocycles. The van der Waals surface area contributed by atoms with Gasteiger partial charge in [-0.05, 0) is 83.1 Å². The third-order valence-electron chi connectivity index (χ3n) is 6.82. The van der Waals surface area contributed by atoms with E-state index in [0.717, 1.165) is 41.9 Å². The summed E-state index contributed by atoms with van der Waals surface area (Å²) in [6.07, 6.45) is 1.45. The average Bonchev–Trinajstić information content (AvgIpc) is 3.57. The highest BCUT2D eigenvalue weighted by atomic mass is 19.4. The maximum absolute atomic E-state index is 13.4. The van der Waals surface area contributed by atoms with Gasteiger partial charge in [0.2, 0.25) is 0 Å². The van der Waals surface area contributed by atoms with Crippen LogP contribution >= 0.6 is 0 Å². The Labute approximate surface area is 207 Å². The number of carbonyl (C=O) groups excluding carboxylic acids is 1. The van der Waals surface area contributed by atoms with Gasteiger partial charge < -0.3 is 9.64 Å². The molecule has 1 saturated carbocycles. The van der Waals surface area contributed by atoms with Gasteiger partial charge in [0.25, 0.3) is 0 Å². The molecule has 1 aliphatic carbocycles. The second-order valence-electron chi connectivity index (χ2n) is 10.8. The van der Waals surface area contributed by atoms with Gasteiger partial charge in [0.05, 0.1) is 22.9 Å². The predicted molar refractivity (Wildman–Crippen MR) is 129 cm³/mol. The van der Waals surface area contributed by atoms with Crippen molar-refractivity contribution in [2.45, 2.75) is 77.1 Å². The summed E-state index contributed by atoms with van der Waals surface area (Å²) in [7, 11) is 0. The van der Waals surface area contributed by atoms with Crippen molar-refractivity contribution in [3.05, 3.63) is 41.9 Å². The van der Waals surface area contributed by atoms with E-state index in [1.165, 1.54) is 12.5 Å². The van der Waals surface area contributed by atoms with E-state index in [0.29, 0.717) is 31.0 Å². The molecular formula is C26H30F3N5O2. The number of hydrogen-bond acceptors (Lipinski definition) is 6. The molecule has 0 amide bonds. The Bertz CT molecular complexity index is 1290. The molecule has 0 radical (unpaired) electrons. The molecule has 36 heavy (non-hydrogen) atoms. The number of halogens is 3. The molecular weight excluding hydrogens is 471 g/mol. The van der Waals surface area contributed by atoms with E-state index in [-0.39, 0.29) is 23.6 Å². The fraction of sp³-hybridized carbons (Fsp3) is 0.538. The van der Waals surface area contributed by atoms with Crippen LogP contribution in [0, 0.1) is 5.92 Å². The Morgan fingerprint density at radius 1 is 1.11 bits per heavy atom. The predicted octanol–water partition coefficient (Wildman–Crippen LogP) is 5.63. The summed E-state index contributed by atoms with van der Waals surface area (Å²) in [5, 5.41) is 4.43. The van der Waals surface area contributed by atoms with Crippen molar-refractivity contribution in [1.82, 2.24) is 19.6 Å². The lowest BCUT2D eigenvalue weighted by Crippen LogP contribution is -2.44. The van der Waals surface area contributed by atoms with Crippen LogP contribution in [0.15, 0.2) is 30.7 Å². The van der Waals surface area contributed by atoms with Crippen LogP contribution in [0.4, 0.5) is 19.0 Å². The Balaban J connectivity index is 1.51. The number of esters is 1. The Morgan fingerprint density at radius 2 is 1.86 bits per heavy atom. The van der Waals surface area contributed by atoms with Crippen LogP contribution in [0.25, 0.3) is 16.9 Å². The van der Waals surface area contributed by atoms with Gasteiger partial charge in [-0.2, -0.15) is 18.3 Å². The van der Waals surface area contributed by atoms with Crippen molar-refractivity contribution in [1.29, 1.82) is 0 Å². The minimum Gasteiger partial charge on any atom is -0.460 e. The van der Waals surface area contributed by atoms with Gasteiger partial charge in [-0.1, -0.05) is 0 Å². The number of piperidine rings is 1. The molecule has 2 aliphatic rings. The van der Waals surface area contributed by atoms with Crippen LogP contribution in [0.3, 0.4) is 0 Å². The van der Waals surface area contributed by atoms with Gasteiger partial charge in [-0.3, -0.25) is 9.78 Å². The normalized spacial score (nSPS) is 21.1. The summed E-state index contributed by atoms with van der Waals surface area (Å²) < 4.78 is 47.4. The van der Waals surface area contributed by atoms with Gasteiger partial charge >= 0.3 is 12.1 Å². The van der Waals surface area contributed by atoms with Crippen molar-refractivity contribution in [2.75, 3.05) is 11.4 Å². The largest absolute Gasteiger partial charge is 0.460 e. The lowest BCUT2D eigenvalue weighted by Gasteiger charge is -2.38. The quantitative estimate of drug-likeness (QED) is 0.431. The molecule has 0 unspecified atom stereocenters. The maximum atomic E-state index is 13.4. The molecule has 4 heterocycles. The molecule has 2 atom stereocenters. The lowest BCUT2D eigenvalue weighted by molar-refractivity contribution is -0.161. The van der Waals surface area contributed by atoms with Crippen LogP contribution in [0.5, 0.6) is 0 Å². The van der Waals surface area contributed by atoms with Crippen molar-refractivity contribution in [2.24, 2.45) is 5.92 Å². The van der Waals surface area contributed by atoms with E-state index in [9.17, 15) is 18.0 Å². The molecule has 0 bridgehead atoms. The van der Waals surface area contributed by atoms with Gasteiger partial charge in [-0.25, -0.2) is 9.50 Å². The van der Waals surface area contributed by atoms with Crippen LogP contribution in [0.1, 0.15) is 70.4 Å².